The van der Waals surface area contributed by atoms with Gasteiger partial charge in [-0.1, -0.05) is 42.5 Å². The number of aliphatic hydroxyl groups excluding tert-OH is 1. The Kier molecular flexibility index (Phi) is 8.25. The minimum atomic E-state index is -0.872. The molecule has 4 atom stereocenters. The molecular formula is C22H33NO3. The first kappa shape index (κ1) is 22.1. The molecule has 1 aromatic carbocycles. The summed E-state index contributed by atoms with van der Waals surface area (Å²) in [6.07, 6.45) is 2.64. The van der Waals surface area contributed by atoms with Crippen LogP contribution in [-0.4, -0.2) is 40.3 Å². The van der Waals surface area contributed by atoms with Gasteiger partial charge in [-0.2, -0.15) is 0 Å². The fraction of sp³-hybridized carbons (Fsp3) is 0.500. The zero-order valence-corrected chi connectivity index (χ0v) is 16.7. The lowest BCUT2D eigenvalue weighted by molar-refractivity contribution is -0.166. The molecule has 0 saturated carbocycles. The van der Waals surface area contributed by atoms with Gasteiger partial charge in [0.2, 0.25) is 0 Å². The second-order valence-electron chi connectivity index (χ2n) is 7.60. The van der Waals surface area contributed by atoms with E-state index >= 15 is 0 Å². The highest BCUT2D eigenvalue weighted by molar-refractivity contribution is 5.74. The Morgan fingerprint density at radius 2 is 1.81 bits per heavy atom. The zero-order chi connectivity index (χ0) is 19.9. The van der Waals surface area contributed by atoms with Gasteiger partial charge in [-0.3, -0.25) is 9.69 Å². The van der Waals surface area contributed by atoms with E-state index in [1.807, 2.05) is 51.1 Å². The summed E-state index contributed by atoms with van der Waals surface area (Å²) in [6.45, 7) is 17.5. The van der Waals surface area contributed by atoms with Gasteiger partial charge in [0.25, 0.3) is 0 Å². The summed E-state index contributed by atoms with van der Waals surface area (Å²) >= 11 is 0. The molecule has 0 amide bonds. The van der Waals surface area contributed by atoms with Gasteiger partial charge < -0.3 is 9.84 Å². The van der Waals surface area contributed by atoms with Gasteiger partial charge in [-0.15, -0.1) is 13.2 Å². The largest absolute Gasteiger partial charge is 0.460 e. The lowest BCUT2D eigenvalue weighted by atomic mass is 9.90. The van der Waals surface area contributed by atoms with Gasteiger partial charge in [-0.05, 0) is 40.2 Å². The van der Waals surface area contributed by atoms with Crippen LogP contribution in [0, 0.1) is 5.92 Å². The van der Waals surface area contributed by atoms with Gasteiger partial charge in [0.15, 0.2) is 0 Å². The zero-order valence-electron chi connectivity index (χ0n) is 16.7. The molecule has 0 heterocycles. The quantitative estimate of drug-likeness (QED) is 0.532. The molecule has 0 spiro atoms. The van der Waals surface area contributed by atoms with E-state index in [9.17, 15) is 9.90 Å². The highest BCUT2D eigenvalue weighted by atomic mass is 16.6. The third kappa shape index (κ3) is 6.11. The molecule has 0 unspecified atom stereocenters. The lowest BCUT2D eigenvalue weighted by Crippen LogP contribution is -2.49. The second-order valence-corrected chi connectivity index (χ2v) is 7.60. The van der Waals surface area contributed by atoms with Crippen LogP contribution in [0.2, 0.25) is 0 Å². The molecule has 0 radical (unpaired) electrons. The predicted molar refractivity (Wildman–Crippen MR) is 107 cm³/mol. The molecule has 0 saturated heterocycles. The average molecular weight is 360 g/mol. The van der Waals surface area contributed by atoms with Crippen molar-refractivity contribution in [3.05, 3.63) is 61.2 Å². The minimum Gasteiger partial charge on any atom is -0.460 e. The normalized spacial score (nSPS) is 16.4. The van der Waals surface area contributed by atoms with Gasteiger partial charge in [0.05, 0.1) is 6.10 Å². The molecular weight excluding hydrogens is 326 g/mol. The van der Waals surface area contributed by atoms with Crippen molar-refractivity contribution in [2.45, 2.75) is 58.4 Å². The summed E-state index contributed by atoms with van der Waals surface area (Å²) in [7, 11) is 0. The van der Waals surface area contributed by atoms with Crippen LogP contribution in [0.3, 0.4) is 0 Å². The lowest BCUT2D eigenvalue weighted by Gasteiger charge is -2.39. The molecule has 1 rings (SSSR count). The van der Waals surface area contributed by atoms with Crippen LogP contribution in [-0.2, 0) is 9.53 Å². The maximum Gasteiger partial charge on any atom is 0.314 e. The van der Waals surface area contributed by atoms with Gasteiger partial charge >= 0.3 is 5.97 Å². The summed E-state index contributed by atoms with van der Waals surface area (Å²) in [5.74, 6) is -1.16. The number of ether oxygens (including phenoxy) is 1. The number of rotatable bonds is 9. The fourth-order valence-electron chi connectivity index (χ4n) is 3.09. The van der Waals surface area contributed by atoms with E-state index in [2.05, 4.69) is 25.0 Å². The SMILES string of the molecule is C=CCN([C@H](C)c1ccccc1)[C@H](C=C)[C@H](C(=O)OC(C)(C)C)[C@@H](C)O. The Balaban J connectivity index is 3.23. The summed E-state index contributed by atoms with van der Waals surface area (Å²) in [5.41, 5.74) is 0.499. The number of carbonyl (C=O) groups is 1. The number of aliphatic hydroxyl groups is 1. The summed E-state index contributed by atoms with van der Waals surface area (Å²) in [4.78, 5) is 14.9. The van der Waals surface area contributed by atoms with Crippen LogP contribution in [0.1, 0.15) is 46.2 Å². The van der Waals surface area contributed by atoms with E-state index in [4.69, 9.17) is 4.74 Å². The third-order valence-corrected chi connectivity index (χ3v) is 4.31. The number of esters is 1. The maximum atomic E-state index is 12.8. The van der Waals surface area contributed by atoms with Gasteiger partial charge in [0, 0.05) is 18.6 Å². The first-order chi connectivity index (χ1) is 12.1. The molecule has 0 fully saturated rings. The Hall–Kier alpha value is -1.91. The fourth-order valence-corrected chi connectivity index (χ4v) is 3.09. The Morgan fingerprint density at radius 3 is 2.23 bits per heavy atom. The molecule has 0 bridgehead atoms. The molecule has 1 aromatic rings. The van der Waals surface area contributed by atoms with Crippen molar-refractivity contribution in [1.82, 2.24) is 4.90 Å². The third-order valence-electron chi connectivity index (χ3n) is 4.31. The second kappa shape index (κ2) is 9.70. The molecule has 1 N–H and O–H groups in total. The van der Waals surface area contributed by atoms with E-state index < -0.39 is 29.6 Å². The van der Waals surface area contributed by atoms with E-state index in [0.717, 1.165) is 5.56 Å². The van der Waals surface area contributed by atoms with E-state index in [-0.39, 0.29) is 6.04 Å². The maximum absolute atomic E-state index is 12.8. The first-order valence-electron chi connectivity index (χ1n) is 9.07. The number of carbonyl (C=O) groups excluding carboxylic acids is 1. The average Bonchev–Trinajstić information content (AvgIpc) is 2.56. The van der Waals surface area contributed by atoms with Crippen molar-refractivity contribution in [2.75, 3.05) is 6.54 Å². The standard InChI is InChI=1S/C22H33NO3/c1-8-15-23(16(3)18-13-11-10-12-14-18)19(9-2)20(17(4)24)21(25)26-22(5,6)7/h8-14,16-17,19-20,24H,1-2,15H2,3-7H3/t16-,17-,19-,20-/m1/s1. The monoisotopic (exact) mass is 359 g/mol. The molecule has 0 aliphatic carbocycles. The van der Waals surface area contributed by atoms with Gasteiger partial charge in [0.1, 0.15) is 11.5 Å². The van der Waals surface area contributed by atoms with Crippen molar-refractivity contribution < 1.29 is 14.6 Å². The Morgan fingerprint density at radius 1 is 1.23 bits per heavy atom. The number of hydrogen-bond acceptors (Lipinski definition) is 4. The Labute approximate surface area is 158 Å². The number of nitrogens with zero attached hydrogens (tertiary/aromatic N) is 1. The van der Waals surface area contributed by atoms with Crippen LogP contribution < -0.4 is 0 Å². The molecule has 0 aliphatic heterocycles. The van der Waals surface area contributed by atoms with Crippen LogP contribution in [0.15, 0.2) is 55.6 Å². The summed E-state index contributed by atoms with van der Waals surface area (Å²) < 4.78 is 5.56. The predicted octanol–water partition coefficient (Wildman–Crippen LogP) is 4.13. The topological polar surface area (TPSA) is 49.8 Å². The van der Waals surface area contributed by atoms with Crippen LogP contribution in [0.5, 0.6) is 0 Å². The number of benzene rings is 1. The van der Waals surface area contributed by atoms with Crippen molar-refractivity contribution in [3.8, 4) is 0 Å². The van der Waals surface area contributed by atoms with E-state index in [1.165, 1.54) is 0 Å². The van der Waals surface area contributed by atoms with Crippen molar-refractivity contribution in [2.24, 2.45) is 5.92 Å². The molecule has 4 heteroatoms. The molecule has 0 aromatic heterocycles. The minimum absolute atomic E-state index is 0.0147. The van der Waals surface area contributed by atoms with E-state index in [1.54, 1.807) is 19.1 Å². The summed E-state index contributed by atoms with van der Waals surface area (Å²) in [5, 5.41) is 10.3. The van der Waals surface area contributed by atoms with Crippen molar-refractivity contribution in [3.63, 3.8) is 0 Å². The first-order valence-corrected chi connectivity index (χ1v) is 9.07. The molecule has 26 heavy (non-hydrogen) atoms. The molecule has 144 valence electrons. The Bertz CT molecular complexity index is 589. The van der Waals surface area contributed by atoms with Gasteiger partial charge in [-0.25, -0.2) is 0 Å². The molecule has 0 aliphatic rings. The molecule has 4 nitrogen and oxygen atoms in total. The summed E-state index contributed by atoms with van der Waals surface area (Å²) in [6, 6.07) is 9.66. The van der Waals surface area contributed by atoms with Crippen molar-refractivity contribution >= 4 is 5.97 Å². The van der Waals surface area contributed by atoms with Crippen LogP contribution in [0.25, 0.3) is 0 Å². The van der Waals surface area contributed by atoms with Crippen LogP contribution >= 0.6 is 0 Å². The number of hydrogen-bond donors (Lipinski definition) is 1. The van der Waals surface area contributed by atoms with Crippen LogP contribution in [0.4, 0.5) is 0 Å². The van der Waals surface area contributed by atoms with Crippen molar-refractivity contribution in [1.29, 1.82) is 0 Å². The smallest absolute Gasteiger partial charge is 0.314 e. The highest BCUT2D eigenvalue weighted by Gasteiger charge is 2.38. The van der Waals surface area contributed by atoms with E-state index in [0.29, 0.717) is 6.54 Å². The highest BCUT2D eigenvalue weighted by Crippen LogP contribution is 2.29.